The van der Waals surface area contributed by atoms with Crippen LogP contribution in [0.2, 0.25) is 0 Å². The van der Waals surface area contributed by atoms with Crippen molar-refractivity contribution in [3.8, 4) is 11.3 Å². The monoisotopic (exact) mass is 383 g/mol. The van der Waals surface area contributed by atoms with Crippen LogP contribution in [0.1, 0.15) is 24.1 Å². The highest BCUT2D eigenvalue weighted by Crippen LogP contribution is 2.30. The molecule has 2 aromatic heterocycles. The lowest BCUT2D eigenvalue weighted by Gasteiger charge is -2.32. The predicted octanol–water partition coefficient (Wildman–Crippen LogP) is 3.10. The van der Waals surface area contributed by atoms with Gasteiger partial charge in [0, 0.05) is 55.0 Å². The number of hydrogen-bond donors (Lipinski definition) is 3. The molecule has 1 aliphatic rings. The standard InChI is InChI=1S/C19H19F2N7/c20-19(21)4-7-28(8-5-19)17-10-16(24-11-25-17)18(23)13-9-12(1-2-14(13)22)15-3-6-26-27-15/h1-3,6,9-11,23H,4-5,7-8,22H2,(H,26,27). The Bertz CT molecular complexity index is 991. The summed E-state index contributed by atoms with van der Waals surface area (Å²) in [7, 11) is 0. The molecule has 3 heterocycles. The summed E-state index contributed by atoms with van der Waals surface area (Å²) in [4.78, 5) is 10.2. The first-order valence-electron chi connectivity index (χ1n) is 8.86. The molecule has 0 unspecified atom stereocenters. The lowest BCUT2D eigenvalue weighted by molar-refractivity contribution is -0.0221. The molecule has 1 aromatic carbocycles. The third kappa shape index (κ3) is 3.55. The number of nitrogens with two attached hydrogens (primary N) is 1. The summed E-state index contributed by atoms with van der Waals surface area (Å²) in [5.74, 6) is -2.09. The van der Waals surface area contributed by atoms with E-state index in [1.54, 1.807) is 29.3 Å². The summed E-state index contributed by atoms with van der Waals surface area (Å²) in [6.45, 7) is 0.433. The second kappa shape index (κ2) is 6.99. The predicted molar refractivity (Wildman–Crippen MR) is 103 cm³/mol. The largest absolute Gasteiger partial charge is 0.398 e. The van der Waals surface area contributed by atoms with Crippen LogP contribution in [0, 0.1) is 5.41 Å². The number of halogens is 2. The van der Waals surface area contributed by atoms with Gasteiger partial charge in [0.25, 0.3) is 5.92 Å². The maximum Gasteiger partial charge on any atom is 0.251 e. The topological polar surface area (TPSA) is 108 Å². The van der Waals surface area contributed by atoms with Crippen molar-refractivity contribution in [3.63, 3.8) is 0 Å². The van der Waals surface area contributed by atoms with Gasteiger partial charge in [0.2, 0.25) is 0 Å². The van der Waals surface area contributed by atoms with Gasteiger partial charge in [0.05, 0.1) is 17.1 Å². The maximum absolute atomic E-state index is 13.4. The molecular formula is C19H19F2N7. The van der Waals surface area contributed by atoms with E-state index in [1.807, 2.05) is 12.1 Å². The molecule has 4 N–H and O–H groups in total. The summed E-state index contributed by atoms with van der Waals surface area (Å²) in [6.07, 6.45) is 2.59. The van der Waals surface area contributed by atoms with Crippen molar-refractivity contribution < 1.29 is 8.78 Å². The minimum absolute atomic E-state index is 0.143. The van der Waals surface area contributed by atoms with E-state index in [0.29, 0.717) is 22.8 Å². The molecule has 0 spiro atoms. The van der Waals surface area contributed by atoms with Gasteiger partial charge >= 0.3 is 0 Å². The number of aromatic nitrogens is 4. The number of alkyl halides is 2. The van der Waals surface area contributed by atoms with Crippen molar-refractivity contribution in [2.45, 2.75) is 18.8 Å². The van der Waals surface area contributed by atoms with Gasteiger partial charge < -0.3 is 10.6 Å². The van der Waals surface area contributed by atoms with Gasteiger partial charge in [-0.2, -0.15) is 5.10 Å². The zero-order chi connectivity index (χ0) is 19.7. The van der Waals surface area contributed by atoms with E-state index in [4.69, 9.17) is 11.1 Å². The fourth-order valence-corrected chi connectivity index (χ4v) is 3.21. The van der Waals surface area contributed by atoms with E-state index in [1.165, 1.54) is 6.33 Å². The number of piperidine rings is 1. The van der Waals surface area contributed by atoms with E-state index < -0.39 is 5.92 Å². The van der Waals surface area contributed by atoms with Crippen molar-refractivity contribution in [2.75, 3.05) is 23.7 Å². The zero-order valence-corrected chi connectivity index (χ0v) is 15.0. The molecule has 0 atom stereocenters. The summed E-state index contributed by atoms with van der Waals surface area (Å²) < 4.78 is 26.8. The van der Waals surface area contributed by atoms with Gasteiger partial charge in [-0.3, -0.25) is 10.5 Å². The number of rotatable bonds is 4. The Kier molecular flexibility index (Phi) is 4.50. The second-order valence-corrected chi connectivity index (χ2v) is 6.75. The van der Waals surface area contributed by atoms with Crippen LogP contribution in [0.25, 0.3) is 11.3 Å². The fraction of sp³-hybridized carbons (Fsp3) is 0.263. The number of nitrogen functional groups attached to an aromatic ring is 1. The van der Waals surface area contributed by atoms with Crippen LogP contribution in [-0.4, -0.2) is 44.9 Å². The minimum atomic E-state index is -2.62. The molecule has 3 aromatic rings. The third-order valence-corrected chi connectivity index (χ3v) is 4.86. The minimum Gasteiger partial charge on any atom is -0.398 e. The molecule has 7 nitrogen and oxygen atoms in total. The lowest BCUT2D eigenvalue weighted by atomic mass is 10.0. The molecule has 0 amide bonds. The Morgan fingerprint density at radius 3 is 2.64 bits per heavy atom. The Morgan fingerprint density at radius 1 is 1.14 bits per heavy atom. The van der Waals surface area contributed by atoms with E-state index in [9.17, 15) is 8.78 Å². The third-order valence-electron chi connectivity index (χ3n) is 4.86. The molecule has 4 rings (SSSR count). The quantitative estimate of drug-likeness (QED) is 0.474. The normalized spacial score (nSPS) is 16.1. The first kappa shape index (κ1) is 18.0. The molecule has 1 aliphatic heterocycles. The molecule has 0 aliphatic carbocycles. The maximum atomic E-state index is 13.4. The summed E-state index contributed by atoms with van der Waals surface area (Å²) >= 11 is 0. The number of hydrogen-bond acceptors (Lipinski definition) is 6. The Morgan fingerprint density at radius 2 is 1.93 bits per heavy atom. The van der Waals surface area contributed by atoms with Crippen LogP contribution >= 0.6 is 0 Å². The molecule has 0 radical (unpaired) electrons. The highest BCUT2D eigenvalue weighted by molar-refractivity contribution is 6.13. The van der Waals surface area contributed by atoms with Crippen molar-refractivity contribution in [1.82, 2.24) is 20.2 Å². The summed E-state index contributed by atoms with van der Waals surface area (Å²) in [5.41, 5.74) is 9.25. The molecule has 9 heteroatoms. The van der Waals surface area contributed by atoms with Gasteiger partial charge in [-0.05, 0) is 18.2 Å². The number of aromatic amines is 1. The van der Waals surface area contributed by atoms with Crippen molar-refractivity contribution in [3.05, 3.63) is 54.1 Å². The highest BCUT2D eigenvalue weighted by Gasteiger charge is 2.34. The second-order valence-electron chi connectivity index (χ2n) is 6.75. The van der Waals surface area contributed by atoms with Crippen LogP contribution < -0.4 is 10.6 Å². The smallest absolute Gasteiger partial charge is 0.251 e. The van der Waals surface area contributed by atoms with Crippen LogP contribution in [0.5, 0.6) is 0 Å². The van der Waals surface area contributed by atoms with Crippen LogP contribution in [0.15, 0.2) is 42.9 Å². The van der Waals surface area contributed by atoms with Gasteiger partial charge in [0.15, 0.2) is 0 Å². The van der Waals surface area contributed by atoms with Crippen molar-refractivity contribution in [1.29, 1.82) is 5.41 Å². The number of benzene rings is 1. The number of nitrogens with one attached hydrogen (secondary N) is 2. The molecular weight excluding hydrogens is 364 g/mol. The average Bonchev–Trinajstić information content (AvgIpc) is 3.23. The van der Waals surface area contributed by atoms with E-state index in [-0.39, 0.29) is 31.6 Å². The van der Waals surface area contributed by atoms with Gasteiger partial charge in [0.1, 0.15) is 12.1 Å². The first-order chi connectivity index (χ1) is 13.4. The molecule has 28 heavy (non-hydrogen) atoms. The molecule has 1 saturated heterocycles. The number of nitrogens with zero attached hydrogens (tertiary/aromatic N) is 4. The lowest BCUT2D eigenvalue weighted by Crippen LogP contribution is -2.39. The Balaban J connectivity index is 1.62. The zero-order valence-electron chi connectivity index (χ0n) is 15.0. The fourth-order valence-electron chi connectivity index (χ4n) is 3.21. The molecule has 0 bridgehead atoms. The van der Waals surface area contributed by atoms with Crippen LogP contribution in [0.3, 0.4) is 0 Å². The number of anilines is 2. The first-order valence-corrected chi connectivity index (χ1v) is 8.86. The summed E-state index contributed by atoms with van der Waals surface area (Å²) in [5, 5.41) is 15.4. The Hall–Kier alpha value is -3.36. The van der Waals surface area contributed by atoms with E-state index in [0.717, 1.165) is 11.3 Å². The van der Waals surface area contributed by atoms with Crippen LogP contribution in [0.4, 0.5) is 20.3 Å². The van der Waals surface area contributed by atoms with Crippen molar-refractivity contribution >= 4 is 17.2 Å². The average molecular weight is 383 g/mol. The Labute approximate surface area is 160 Å². The van der Waals surface area contributed by atoms with Crippen molar-refractivity contribution in [2.24, 2.45) is 0 Å². The molecule has 144 valence electrons. The van der Waals surface area contributed by atoms with E-state index >= 15 is 0 Å². The van der Waals surface area contributed by atoms with Crippen LogP contribution in [-0.2, 0) is 0 Å². The highest BCUT2D eigenvalue weighted by atomic mass is 19.3. The summed E-state index contributed by atoms with van der Waals surface area (Å²) in [6, 6.07) is 8.85. The molecule has 0 saturated carbocycles. The van der Waals surface area contributed by atoms with Gasteiger partial charge in [-0.25, -0.2) is 18.7 Å². The van der Waals surface area contributed by atoms with E-state index in [2.05, 4.69) is 20.2 Å². The van der Waals surface area contributed by atoms with Gasteiger partial charge in [-0.15, -0.1) is 0 Å². The SMILES string of the molecule is N=C(c1cc(N2CCC(F)(F)CC2)ncn1)c1cc(-c2ccn[nH]2)ccc1N. The molecule has 1 fully saturated rings. The van der Waals surface area contributed by atoms with Gasteiger partial charge in [-0.1, -0.05) is 6.07 Å². The number of H-pyrrole nitrogens is 1.